The number of aliphatic hydroxyl groups excluding tert-OH is 1. The maximum Gasteiger partial charge on any atom is 0.336 e. The lowest BCUT2D eigenvalue weighted by Crippen LogP contribution is -2.40. The van der Waals surface area contributed by atoms with E-state index >= 15 is 0 Å². The summed E-state index contributed by atoms with van der Waals surface area (Å²) in [6.45, 7) is 7.13. The number of rotatable bonds is 11. The molecule has 0 aliphatic rings. The van der Waals surface area contributed by atoms with Crippen molar-refractivity contribution in [1.29, 1.82) is 0 Å². The molecule has 0 fully saturated rings. The minimum Gasteiger partial charge on any atom is -0.493 e. The summed E-state index contributed by atoms with van der Waals surface area (Å²) in [5.41, 5.74) is 1.69. The van der Waals surface area contributed by atoms with Gasteiger partial charge in [0.2, 0.25) is 0 Å². The second-order valence-electron chi connectivity index (χ2n) is 7.99. The van der Waals surface area contributed by atoms with Crippen LogP contribution in [0.5, 0.6) is 11.5 Å². The van der Waals surface area contributed by atoms with Crippen molar-refractivity contribution in [3.8, 4) is 11.5 Å². The first-order chi connectivity index (χ1) is 15.2. The minimum atomic E-state index is -1.65. The van der Waals surface area contributed by atoms with Crippen LogP contribution >= 0.6 is 0 Å². The molecule has 0 bridgehead atoms. The summed E-state index contributed by atoms with van der Waals surface area (Å²) < 4.78 is 21.7. The molecule has 7 nitrogen and oxygen atoms in total. The van der Waals surface area contributed by atoms with Crippen molar-refractivity contribution in [3.05, 3.63) is 59.7 Å². The van der Waals surface area contributed by atoms with Crippen LogP contribution in [0.3, 0.4) is 0 Å². The standard InChI is InChI=1S/C25H32O7/c1-16(2)31-24(27)20(23(26)25(28)32-17(3)4)13-19-11-12-21(22(14-19)29-5)30-15-18-9-7-6-8-10-18/h6-12,14,16-17,20,23,26H,13,15H2,1-5H3/t20-,23+/m1/s1. The lowest BCUT2D eigenvalue weighted by Gasteiger charge is -2.23. The van der Waals surface area contributed by atoms with Crippen molar-refractivity contribution in [1.82, 2.24) is 0 Å². The maximum absolute atomic E-state index is 12.6. The summed E-state index contributed by atoms with van der Waals surface area (Å²) >= 11 is 0. The van der Waals surface area contributed by atoms with E-state index in [4.69, 9.17) is 18.9 Å². The first-order valence-electron chi connectivity index (χ1n) is 10.6. The molecule has 0 aromatic heterocycles. The molecule has 0 saturated carbocycles. The fourth-order valence-corrected chi connectivity index (χ4v) is 3.06. The van der Waals surface area contributed by atoms with Gasteiger partial charge in [-0.05, 0) is 57.4 Å². The van der Waals surface area contributed by atoms with Crippen molar-refractivity contribution >= 4 is 11.9 Å². The van der Waals surface area contributed by atoms with E-state index in [0.29, 0.717) is 23.7 Å². The quantitative estimate of drug-likeness (QED) is 0.529. The van der Waals surface area contributed by atoms with Crippen LogP contribution in [0.4, 0.5) is 0 Å². The highest BCUT2D eigenvalue weighted by molar-refractivity contribution is 5.84. The number of methoxy groups -OCH3 is 1. The third-order valence-electron chi connectivity index (χ3n) is 4.55. The molecule has 0 radical (unpaired) electrons. The number of hydrogen-bond donors (Lipinski definition) is 1. The minimum absolute atomic E-state index is 0.0647. The summed E-state index contributed by atoms with van der Waals surface area (Å²) in [6.07, 6.45) is -2.39. The molecule has 2 aromatic rings. The number of carbonyl (C=O) groups excluding carboxylic acids is 2. The molecule has 32 heavy (non-hydrogen) atoms. The maximum atomic E-state index is 12.6. The Morgan fingerprint density at radius 2 is 1.47 bits per heavy atom. The highest BCUT2D eigenvalue weighted by Gasteiger charge is 2.35. The average molecular weight is 445 g/mol. The summed E-state index contributed by atoms with van der Waals surface area (Å²) in [4.78, 5) is 24.9. The van der Waals surface area contributed by atoms with Crippen molar-refractivity contribution in [2.24, 2.45) is 5.92 Å². The fourth-order valence-electron chi connectivity index (χ4n) is 3.06. The van der Waals surface area contributed by atoms with Crippen molar-refractivity contribution in [2.45, 2.75) is 59.0 Å². The molecular weight excluding hydrogens is 412 g/mol. The summed E-state index contributed by atoms with van der Waals surface area (Å²) in [5, 5.41) is 10.5. The Labute approximate surface area is 189 Å². The number of benzene rings is 2. The predicted octanol–water partition coefficient (Wildman–Crippen LogP) is 3.70. The normalized spacial score (nSPS) is 12.9. The molecule has 1 N–H and O–H groups in total. The molecule has 0 amide bonds. The van der Waals surface area contributed by atoms with Crippen molar-refractivity contribution in [2.75, 3.05) is 7.11 Å². The Bertz CT molecular complexity index is 877. The first-order valence-corrected chi connectivity index (χ1v) is 10.6. The van der Waals surface area contributed by atoms with E-state index in [-0.39, 0.29) is 12.5 Å². The summed E-state index contributed by atoms with van der Waals surface area (Å²) in [7, 11) is 1.52. The Balaban J connectivity index is 2.19. The topological polar surface area (TPSA) is 91.3 Å². The number of carbonyl (C=O) groups is 2. The molecule has 0 saturated heterocycles. The van der Waals surface area contributed by atoms with Crippen molar-refractivity contribution in [3.63, 3.8) is 0 Å². The third-order valence-corrected chi connectivity index (χ3v) is 4.55. The Morgan fingerprint density at radius 3 is 2.06 bits per heavy atom. The van der Waals surface area contributed by atoms with Crippen LogP contribution in [0, 0.1) is 5.92 Å². The van der Waals surface area contributed by atoms with Crippen LogP contribution in [-0.2, 0) is 32.1 Å². The Morgan fingerprint density at radius 1 is 0.844 bits per heavy atom. The molecule has 0 aliphatic heterocycles. The predicted molar refractivity (Wildman–Crippen MR) is 119 cm³/mol. The van der Waals surface area contributed by atoms with E-state index in [1.807, 2.05) is 30.3 Å². The largest absolute Gasteiger partial charge is 0.493 e. The van der Waals surface area contributed by atoms with E-state index in [1.54, 1.807) is 45.9 Å². The van der Waals surface area contributed by atoms with E-state index in [9.17, 15) is 14.7 Å². The van der Waals surface area contributed by atoms with Gasteiger partial charge in [-0.25, -0.2) is 4.79 Å². The molecule has 2 aromatic carbocycles. The van der Waals surface area contributed by atoms with Gasteiger partial charge >= 0.3 is 11.9 Å². The molecule has 2 rings (SSSR count). The van der Waals surface area contributed by atoms with Gasteiger partial charge in [0.15, 0.2) is 17.6 Å². The highest BCUT2D eigenvalue weighted by atomic mass is 16.6. The van der Waals surface area contributed by atoms with Gasteiger partial charge in [0.25, 0.3) is 0 Å². The Hall–Kier alpha value is -3.06. The first kappa shape index (κ1) is 25.2. The molecule has 0 aliphatic carbocycles. The van der Waals surface area contributed by atoms with Crippen LogP contribution in [0.1, 0.15) is 38.8 Å². The fraction of sp³-hybridized carbons (Fsp3) is 0.440. The number of hydrogen-bond acceptors (Lipinski definition) is 7. The molecule has 0 spiro atoms. The van der Waals surface area contributed by atoms with E-state index in [0.717, 1.165) is 5.56 Å². The van der Waals surface area contributed by atoms with Gasteiger partial charge in [-0.3, -0.25) is 4.79 Å². The molecular formula is C25H32O7. The Kier molecular flexibility index (Phi) is 9.53. The monoisotopic (exact) mass is 444 g/mol. The van der Waals surface area contributed by atoms with E-state index in [2.05, 4.69) is 0 Å². The van der Waals surface area contributed by atoms with Gasteiger partial charge < -0.3 is 24.1 Å². The van der Waals surface area contributed by atoms with Crippen LogP contribution in [0.15, 0.2) is 48.5 Å². The van der Waals surface area contributed by atoms with Gasteiger partial charge in [0.1, 0.15) is 6.61 Å². The van der Waals surface area contributed by atoms with Crippen LogP contribution < -0.4 is 9.47 Å². The average Bonchev–Trinajstić information content (AvgIpc) is 2.75. The summed E-state index contributed by atoms with van der Waals surface area (Å²) in [5.74, 6) is -1.63. The highest BCUT2D eigenvalue weighted by Crippen LogP contribution is 2.30. The number of aliphatic hydroxyl groups is 1. The number of ether oxygens (including phenoxy) is 4. The molecule has 0 unspecified atom stereocenters. The lowest BCUT2D eigenvalue weighted by atomic mass is 9.93. The van der Waals surface area contributed by atoms with Gasteiger partial charge in [0, 0.05) is 0 Å². The van der Waals surface area contributed by atoms with Gasteiger partial charge in [-0.2, -0.15) is 0 Å². The SMILES string of the molecule is COc1cc(C[C@@H](C(=O)OC(C)C)[C@H](O)C(=O)OC(C)C)ccc1OCc1ccccc1. The molecule has 2 atom stereocenters. The molecule has 174 valence electrons. The zero-order valence-corrected chi connectivity index (χ0v) is 19.2. The third kappa shape index (κ3) is 7.57. The molecule has 7 heteroatoms. The van der Waals surface area contributed by atoms with Crippen LogP contribution in [0.2, 0.25) is 0 Å². The van der Waals surface area contributed by atoms with Crippen LogP contribution in [-0.4, -0.2) is 42.5 Å². The van der Waals surface area contributed by atoms with Gasteiger partial charge in [-0.15, -0.1) is 0 Å². The van der Waals surface area contributed by atoms with Crippen molar-refractivity contribution < 1.29 is 33.6 Å². The van der Waals surface area contributed by atoms with Crippen LogP contribution in [0.25, 0.3) is 0 Å². The van der Waals surface area contributed by atoms with Gasteiger partial charge in [0.05, 0.1) is 25.2 Å². The van der Waals surface area contributed by atoms with Gasteiger partial charge in [-0.1, -0.05) is 36.4 Å². The smallest absolute Gasteiger partial charge is 0.336 e. The zero-order valence-electron chi connectivity index (χ0n) is 19.2. The summed E-state index contributed by atoms with van der Waals surface area (Å²) in [6, 6.07) is 14.9. The zero-order chi connectivity index (χ0) is 23.7. The second kappa shape index (κ2) is 12.1. The second-order valence-corrected chi connectivity index (χ2v) is 7.99. The van der Waals surface area contributed by atoms with E-state index in [1.165, 1.54) is 7.11 Å². The number of esters is 2. The van der Waals surface area contributed by atoms with E-state index < -0.39 is 30.1 Å². The molecule has 0 heterocycles. The lowest BCUT2D eigenvalue weighted by molar-refractivity contribution is -0.170.